The molecule has 1 aromatic heterocycles. The molecule has 92 valence electrons. The molecular weight excluding hydrogens is 256 g/mol. The number of rotatable bonds is 3. The van der Waals surface area contributed by atoms with Crippen LogP contribution in [-0.4, -0.2) is 22.4 Å². The van der Waals surface area contributed by atoms with Gasteiger partial charge >= 0.3 is 0 Å². The first-order valence-electron chi connectivity index (χ1n) is 4.93. The number of hydrazone groups is 1. The molecule has 2 aromatic rings. The first kappa shape index (κ1) is 12.1. The summed E-state index contributed by atoms with van der Waals surface area (Å²) in [6.45, 7) is 0. The second-order valence-electron chi connectivity index (χ2n) is 3.29. The lowest BCUT2D eigenvalue weighted by Crippen LogP contribution is -2.63. The molecule has 0 amide bonds. The molecule has 0 atom stereocenters. The maximum atomic E-state index is 5.96. The van der Waals surface area contributed by atoms with Crippen LogP contribution in [0.3, 0.4) is 0 Å². The van der Waals surface area contributed by atoms with Crippen molar-refractivity contribution in [3.8, 4) is 0 Å². The van der Waals surface area contributed by atoms with Gasteiger partial charge in [-0.1, -0.05) is 23.7 Å². The van der Waals surface area contributed by atoms with Crippen LogP contribution in [0.5, 0.6) is 0 Å². The van der Waals surface area contributed by atoms with E-state index in [4.69, 9.17) is 23.1 Å². The molecule has 1 heterocycles. The van der Waals surface area contributed by atoms with Crippen LogP contribution in [-0.2, 0) is 0 Å². The van der Waals surface area contributed by atoms with Gasteiger partial charge in [0.25, 0.3) is 0 Å². The minimum absolute atomic E-state index is 0.0667. The Morgan fingerprint density at radius 2 is 2.17 bits per heavy atom. The zero-order valence-corrected chi connectivity index (χ0v) is 9.93. The van der Waals surface area contributed by atoms with Crippen molar-refractivity contribution in [3.05, 3.63) is 40.5 Å². The highest BCUT2D eigenvalue weighted by atomic mass is 35.5. The minimum Gasteiger partial charge on any atom is -0.379 e. The van der Waals surface area contributed by atoms with Crippen LogP contribution in [0.15, 0.2) is 34.0 Å². The number of nitrogens with one attached hydrogen (secondary N) is 1. The van der Waals surface area contributed by atoms with Crippen molar-refractivity contribution in [3.63, 3.8) is 0 Å². The van der Waals surface area contributed by atoms with Crippen LogP contribution in [0.2, 0.25) is 5.02 Å². The number of nitrogens with two attached hydrogens (primary N) is 2. The summed E-state index contributed by atoms with van der Waals surface area (Å²) in [5.74, 6) is 0.146. The lowest BCUT2D eigenvalue weighted by Gasteiger charge is -1.91. The molecule has 0 aliphatic heterocycles. The third-order valence-electron chi connectivity index (χ3n) is 2.07. The summed E-state index contributed by atoms with van der Waals surface area (Å²) in [7, 11) is 0. The third kappa shape index (κ3) is 2.64. The molecule has 18 heavy (non-hydrogen) atoms. The van der Waals surface area contributed by atoms with Crippen LogP contribution >= 0.6 is 11.6 Å². The summed E-state index contributed by atoms with van der Waals surface area (Å²) in [6.07, 6.45) is 1.60. The molecule has 0 bridgehead atoms. The van der Waals surface area contributed by atoms with Crippen LogP contribution in [0.4, 0.5) is 5.82 Å². The lowest BCUT2D eigenvalue weighted by molar-refractivity contribution is -0.456. The number of benzene rings is 1. The molecule has 0 saturated carbocycles. The van der Waals surface area contributed by atoms with Crippen LogP contribution in [0, 0.1) is 0 Å². The van der Waals surface area contributed by atoms with Gasteiger partial charge in [-0.3, -0.25) is 0 Å². The summed E-state index contributed by atoms with van der Waals surface area (Å²) < 4.78 is 4.41. The van der Waals surface area contributed by atoms with Gasteiger partial charge in [-0.15, -0.1) is 5.10 Å². The minimum atomic E-state index is 0.0667. The van der Waals surface area contributed by atoms with E-state index in [0.29, 0.717) is 5.02 Å². The van der Waals surface area contributed by atoms with Crippen LogP contribution in [0.25, 0.3) is 0 Å². The van der Waals surface area contributed by atoms with Gasteiger partial charge in [0.2, 0.25) is 12.1 Å². The standard InChI is InChI=1S/C10H9ClN6O/c11-7-4-2-1-3-6(7)5-14-15-9(12)8-10(13)17-18-16-8/h1-5H,(H2,12,15)(H2,13,17)/p+1/b14-5-. The topological polar surface area (TPSA) is 117 Å². The van der Waals surface area contributed by atoms with Crippen molar-refractivity contribution in [1.29, 1.82) is 0 Å². The first-order chi connectivity index (χ1) is 8.68. The van der Waals surface area contributed by atoms with E-state index < -0.39 is 0 Å². The predicted octanol–water partition coefficient (Wildman–Crippen LogP) is -0.875. The largest absolute Gasteiger partial charge is 0.379 e. The molecule has 5 N–H and O–H groups in total. The zero-order valence-electron chi connectivity index (χ0n) is 9.17. The highest BCUT2D eigenvalue weighted by Gasteiger charge is 2.11. The summed E-state index contributed by atoms with van der Waals surface area (Å²) in [4.78, 5) is 0. The van der Waals surface area contributed by atoms with Gasteiger partial charge in [-0.05, 0) is 22.4 Å². The maximum Gasteiger partial charge on any atom is 0.224 e. The molecule has 0 fully saturated rings. The Kier molecular flexibility index (Phi) is 3.54. The number of nitrogens with zero attached hydrogens (tertiary/aromatic N) is 3. The molecule has 0 radical (unpaired) electrons. The number of amidine groups is 1. The van der Waals surface area contributed by atoms with Gasteiger partial charge < -0.3 is 11.5 Å². The van der Waals surface area contributed by atoms with Crippen molar-refractivity contribution < 1.29 is 9.73 Å². The fraction of sp³-hybridized carbons (Fsp3) is 0. The Morgan fingerprint density at radius 1 is 1.39 bits per heavy atom. The van der Waals surface area contributed by atoms with Gasteiger partial charge in [0.15, 0.2) is 11.5 Å². The average Bonchev–Trinajstić information content (AvgIpc) is 2.78. The number of nitrogen functional groups attached to an aromatic ring is 1. The molecule has 0 aliphatic rings. The second-order valence-corrected chi connectivity index (χ2v) is 3.70. The molecule has 8 heteroatoms. The average molecular weight is 266 g/mol. The molecule has 0 spiro atoms. The van der Waals surface area contributed by atoms with E-state index in [-0.39, 0.29) is 17.3 Å². The van der Waals surface area contributed by atoms with E-state index in [9.17, 15) is 0 Å². The Hall–Kier alpha value is -2.41. The molecule has 7 nitrogen and oxygen atoms in total. The fourth-order valence-corrected chi connectivity index (χ4v) is 1.38. The third-order valence-corrected chi connectivity index (χ3v) is 2.41. The Labute approximate surface area is 107 Å². The van der Waals surface area contributed by atoms with Gasteiger partial charge in [0.05, 0.1) is 10.6 Å². The quantitative estimate of drug-likeness (QED) is 0.379. The zero-order chi connectivity index (χ0) is 13.0. The first-order valence-corrected chi connectivity index (χ1v) is 5.31. The van der Waals surface area contributed by atoms with E-state index >= 15 is 0 Å². The van der Waals surface area contributed by atoms with Gasteiger partial charge in [-0.25, -0.2) is 4.63 Å². The van der Waals surface area contributed by atoms with Crippen molar-refractivity contribution in [1.82, 2.24) is 10.3 Å². The Bertz CT molecular complexity index is 606. The van der Waals surface area contributed by atoms with E-state index in [2.05, 4.69) is 25.1 Å². The molecular formula is C10H10ClN6O+. The summed E-state index contributed by atoms with van der Waals surface area (Å²) in [5, 5.41) is 14.0. The maximum absolute atomic E-state index is 5.96. The molecule has 0 aliphatic carbocycles. The highest BCUT2D eigenvalue weighted by Crippen LogP contribution is 2.11. The van der Waals surface area contributed by atoms with Crippen molar-refractivity contribution in [2.24, 2.45) is 10.8 Å². The smallest absolute Gasteiger partial charge is 0.224 e. The van der Waals surface area contributed by atoms with Crippen LogP contribution < -0.4 is 16.6 Å². The van der Waals surface area contributed by atoms with Gasteiger partial charge in [0.1, 0.15) is 0 Å². The van der Waals surface area contributed by atoms with E-state index in [0.717, 1.165) is 5.56 Å². The van der Waals surface area contributed by atoms with Crippen molar-refractivity contribution in [2.75, 3.05) is 5.73 Å². The van der Waals surface area contributed by atoms with Gasteiger partial charge in [0, 0.05) is 5.10 Å². The van der Waals surface area contributed by atoms with E-state index in [1.165, 1.54) is 0 Å². The summed E-state index contributed by atoms with van der Waals surface area (Å²) in [6, 6.07) is 7.28. The Balaban J connectivity index is 2.16. The van der Waals surface area contributed by atoms with E-state index in [1.807, 2.05) is 18.2 Å². The summed E-state index contributed by atoms with van der Waals surface area (Å²) >= 11 is 5.96. The number of hydrogen-bond acceptors (Lipinski definition) is 5. The van der Waals surface area contributed by atoms with Gasteiger partial charge in [-0.2, -0.15) is 0 Å². The number of aromatic nitrogens is 2. The van der Waals surface area contributed by atoms with Crippen LogP contribution in [0.1, 0.15) is 11.3 Å². The SMILES string of the molecule is NC(=N/[NH+]=C\c1ccccc1Cl)c1nonc1N. The molecule has 0 unspecified atom stereocenters. The normalized spacial score (nSPS) is 12.2. The van der Waals surface area contributed by atoms with E-state index in [1.54, 1.807) is 12.3 Å². The Morgan fingerprint density at radius 3 is 2.83 bits per heavy atom. The van der Waals surface area contributed by atoms with Crippen molar-refractivity contribution >= 4 is 29.5 Å². The second kappa shape index (κ2) is 5.28. The fourth-order valence-electron chi connectivity index (χ4n) is 1.19. The molecule has 0 saturated heterocycles. The molecule has 2 rings (SSSR count). The number of anilines is 1. The monoisotopic (exact) mass is 265 g/mol. The van der Waals surface area contributed by atoms with Crippen molar-refractivity contribution in [2.45, 2.75) is 0 Å². The summed E-state index contributed by atoms with van der Waals surface area (Å²) in [5.41, 5.74) is 12.1. The lowest BCUT2D eigenvalue weighted by atomic mass is 10.2. The number of hydrogen-bond donors (Lipinski definition) is 3. The predicted molar refractivity (Wildman–Crippen MR) is 67.0 cm³/mol. The highest BCUT2D eigenvalue weighted by molar-refractivity contribution is 6.32. The number of halogens is 1. The molecule has 1 aromatic carbocycles.